The fourth-order valence-corrected chi connectivity index (χ4v) is 4.28. The molecule has 4 rings (SSSR count). The van der Waals surface area contributed by atoms with Crippen molar-refractivity contribution in [2.75, 3.05) is 20.1 Å². The molecule has 1 atom stereocenters. The largest absolute Gasteiger partial charge is 0.354 e. The Kier molecular flexibility index (Phi) is 6.03. The highest BCUT2D eigenvalue weighted by Crippen LogP contribution is 2.30. The summed E-state index contributed by atoms with van der Waals surface area (Å²) in [6, 6.07) is 7.72. The number of piperidine rings is 1. The van der Waals surface area contributed by atoms with Crippen LogP contribution in [-0.2, 0) is 7.05 Å². The fourth-order valence-electron chi connectivity index (χ4n) is 4.28. The standard InChI is InChI=1S/C24H28N6O2/c1-15-10-19(17-7-8-21(26-12-17)23(31)25-3)11-22(27-15)18-6-5-9-30(13-18)24(32)20-14-29(4)28-16(20)2/h7-8,10-12,14,18H,5-6,9,13H2,1-4H3,(H,25,31)/t18-/m0/s1. The Hall–Kier alpha value is -3.55. The van der Waals surface area contributed by atoms with Gasteiger partial charge in [-0.15, -0.1) is 0 Å². The number of rotatable bonds is 4. The first-order chi connectivity index (χ1) is 15.4. The Balaban J connectivity index is 1.57. The van der Waals surface area contributed by atoms with E-state index in [0.717, 1.165) is 47.6 Å². The molecule has 32 heavy (non-hydrogen) atoms. The van der Waals surface area contributed by atoms with Gasteiger partial charge in [0.05, 0.1) is 11.3 Å². The van der Waals surface area contributed by atoms with Gasteiger partial charge in [-0.25, -0.2) is 0 Å². The molecule has 0 spiro atoms. The van der Waals surface area contributed by atoms with E-state index in [1.165, 1.54) is 0 Å². The van der Waals surface area contributed by atoms with E-state index in [1.54, 1.807) is 30.2 Å². The quantitative estimate of drug-likeness (QED) is 0.684. The summed E-state index contributed by atoms with van der Waals surface area (Å²) in [5.74, 6) is -0.0115. The smallest absolute Gasteiger partial charge is 0.269 e. The number of pyridine rings is 2. The maximum absolute atomic E-state index is 13.1. The zero-order chi connectivity index (χ0) is 22.8. The van der Waals surface area contributed by atoms with Crippen LogP contribution in [0.4, 0.5) is 0 Å². The van der Waals surface area contributed by atoms with E-state index in [0.29, 0.717) is 17.8 Å². The van der Waals surface area contributed by atoms with Crippen LogP contribution >= 0.6 is 0 Å². The van der Waals surface area contributed by atoms with Crippen LogP contribution in [0.25, 0.3) is 11.1 Å². The monoisotopic (exact) mass is 432 g/mol. The molecule has 1 aliphatic heterocycles. The second-order valence-corrected chi connectivity index (χ2v) is 8.33. The molecule has 3 aromatic heterocycles. The average Bonchev–Trinajstić information content (AvgIpc) is 3.15. The summed E-state index contributed by atoms with van der Waals surface area (Å²) in [4.78, 5) is 35.8. The Morgan fingerprint density at radius 2 is 1.97 bits per heavy atom. The lowest BCUT2D eigenvalue weighted by molar-refractivity contribution is 0.0705. The van der Waals surface area contributed by atoms with E-state index >= 15 is 0 Å². The molecule has 8 heteroatoms. The summed E-state index contributed by atoms with van der Waals surface area (Å²) in [5.41, 5.74) is 5.63. The summed E-state index contributed by atoms with van der Waals surface area (Å²) in [6.07, 6.45) is 5.42. The van der Waals surface area contributed by atoms with Gasteiger partial charge in [0.25, 0.3) is 11.8 Å². The second-order valence-electron chi connectivity index (χ2n) is 8.33. The first-order valence-electron chi connectivity index (χ1n) is 10.8. The van der Waals surface area contributed by atoms with Crippen LogP contribution in [0.3, 0.4) is 0 Å². The number of amides is 2. The zero-order valence-electron chi connectivity index (χ0n) is 18.9. The number of carbonyl (C=O) groups excluding carboxylic acids is 2. The molecule has 4 heterocycles. The molecule has 2 amide bonds. The van der Waals surface area contributed by atoms with E-state index in [1.807, 2.05) is 37.9 Å². The van der Waals surface area contributed by atoms with Crippen molar-refractivity contribution in [3.05, 3.63) is 65.0 Å². The highest BCUT2D eigenvalue weighted by atomic mass is 16.2. The number of hydrogen-bond donors (Lipinski definition) is 1. The van der Waals surface area contributed by atoms with Crippen molar-refractivity contribution < 1.29 is 9.59 Å². The molecule has 1 aliphatic rings. The molecule has 0 radical (unpaired) electrons. The van der Waals surface area contributed by atoms with Gasteiger partial charge < -0.3 is 10.2 Å². The lowest BCUT2D eigenvalue weighted by Crippen LogP contribution is -2.39. The summed E-state index contributed by atoms with van der Waals surface area (Å²) >= 11 is 0. The molecule has 0 unspecified atom stereocenters. The minimum atomic E-state index is -0.209. The maximum Gasteiger partial charge on any atom is 0.269 e. The highest BCUT2D eigenvalue weighted by Gasteiger charge is 2.28. The molecule has 1 N–H and O–H groups in total. The molecule has 8 nitrogen and oxygen atoms in total. The molecule has 0 saturated carbocycles. The van der Waals surface area contributed by atoms with Gasteiger partial charge in [0, 0.05) is 62.4 Å². The summed E-state index contributed by atoms with van der Waals surface area (Å²) < 4.78 is 1.68. The summed E-state index contributed by atoms with van der Waals surface area (Å²) in [6.45, 7) is 5.22. The van der Waals surface area contributed by atoms with Gasteiger partial charge >= 0.3 is 0 Å². The van der Waals surface area contributed by atoms with Crippen molar-refractivity contribution in [1.82, 2.24) is 30.0 Å². The van der Waals surface area contributed by atoms with Gasteiger partial charge in [-0.1, -0.05) is 6.07 Å². The van der Waals surface area contributed by atoms with Gasteiger partial charge in [0.2, 0.25) is 0 Å². The SMILES string of the molecule is CNC(=O)c1ccc(-c2cc(C)nc([C@H]3CCCN(C(=O)c4cn(C)nc4C)C3)c2)cn1. The van der Waals surface area contributed by atoms with E-state index in [4.69, 9.17) is 4.98 Å². The van der Waals surface area contributed by atoms with Crippen molar-refractivity contribution in [3.63, 3.8) is 0 Å². The number of aryl methyl sites for hydroxylation is 3. The van der Waals surface area contributed by atoms with Gasteiger partial charge in [-0.2, -0.15) is 5.10 Å². The molecule has 0 aromatic carbocycles. The molecular formula is C24H28N6O2. The summed E-state index contributed by atoms with van der Waals surface area (Å²) in [7, 11) is 3.42. The van der Waals surface area contributed by atoms with Crippen LogP contribution in [0.15, 0.2) is 36.7 Å². The molecule has 0 aliphatic carbocycles. The van der Waals surface area contributed by atoms with Crippen LogP contribution in [0, 0.1) is 13.8 Å². The van der Waals surface area contributed by atoms with E-state index in [-0.39, 0.29) is 17.7 Å². The average molecular weight is 433 g/mol. The maximum atomic E-state index is 13.1. The van der Waals surface area contributed by atoms with E-state index in [9.17, 15) is 9.59 Å². The molecule has 166 valence electrons. The Labute approximate surface area is 187 Å². The molecular weight excluding hydrogens is 404 g/mol. The van der Waals surface area contributed by atoms with Crippen molar-refractivity contribution in [2.24, 2.45) is 7.05 Å². The third-order valence-electron chi connectivity index (χ3n) is 5.90. The van der Waals surface area contributed by atoms with Crippen molar-refractivity contribution in [3.8, 4) is 11.1 Å². The number of aromatic nitrogens is 4. The fraction of sp³-hybridized carbons (Fsp3) is 0.375. The van der Waals surface area contributed by atoms with Gasteiger partial charge in [0.15, 0.2) is 0 Å². The molecule has 0 bridgehead atoms. The minimum absolute atomic E-state index is 0.0298. The van der Waals surface area contributed by atoms with Crippen LogP contribution in [0.5, 0.6) is 0 Å². The number of likely N-dealkylation sites (tertiary alicyclic amines) is 1. The zero-order valence-corrected chi connectivity index (χ0v) is 18.9. The Morgan fingerprint density at radius 1 is 1.16 bits per heavy atom. The van der Waals surface area contributed by atoms with E-state index in [2.05, 4.69) is 21.5 Å². The van der Waals surface area contributed by atoms with Gasteiger partial charge in [0.1, 0.15) is 5.69 Å². The third-order valence-corrected chi connectivity index (χ3v) is 5.90. The molecule has 1 fully saturated rings. The lowest BCUT2D eigenvalue weighted by Gasteiger charge is -2.32. The van der Waals surface area contributed by atoms with Crippen LogP contribution < -0.4 is 5.32 Å². The third kappa shape index (κ3) is 4.39. The number of hydrogen-bond acceptors (Lipinski definition) is 5. The molecule has 1 saturated heterocycles. The number of nitrogens with zero attached hydrogens (tertiary/aromatic N) is 5. The van der Waals surface area contributed by atoms with E-state index < -0.39 is 0 Å². The lowest BCUT2D eigenvalue weighted by atomic mass is 9.92. The van der Waals surface area contributed by atoms with Crippen LogP contribution in [-0.4, -0.2) is 56.6 Å². The second kappa shape index (κ2) is 8.90. The summed E-state index contributed by atoms with van der Waals surface area (Å²) in [5, 5.41) is 6.89. The van der Waals surface area contributed by atoms with Crippen LogP contribution in [0.2, 0.25) is 0 Å². The predicted octanol–water partition coefficient (Wildman–Crippen LogP) is 2.87. The highest BCUT2D eigenvalue weighted by molar-refractivity contribution is 5.95. The Bertz CT molecular complexity index is 1150. The van der Waals surface area contributed by atoms with Crippen molar-refractivity contribution >= 4 is 11.8 Å². The normalized spacial score (nSPS) is 16.1. The number of nitrogens with one attached hydrogen (secondary N) is 1. The van der Waals surface area contributed by atoms with Crippen molar-refractivity contribution in [2.45, 2.75) is 32.6 Å². The minimum Gasteiger partial charge on any atom is -0.354 e. The number of carbonyl (C=O) groups is 2. The Morgan fingerprint density at radius 3 is 2.62 bits per heavy atom. The first kappa shape index (κ1) is 21.7. The first-order valence-corrected chi connectivity index (χ1v) is 10.8. The van der Waals surface area contributed by atoms with Crippen LogP contribution in [0.1, 0.15) is 56.7 Å². The van der Waals surface area contributed by atoms with Gasteiger partial charge in [-0.05, 0) is 50.5 Å². The van der Waals surface area contributed by atoms with Crippen molar-refractivity contribution in [1.29, 1.82) is 0 Å². The predicted molar refractivity (Wildman–Crippen MR) is 121 cm³/mol. The molecule has 3 aromatic rings. The topological polar surface area (TPSA) is 93.0 Å². The van der Waals surface area contributed by atoms with Gasteiger partial charge in [-0.3, -0.25) is 24.2 Å².